The van der Waals surface area contributed by atoms with E-state index in [-0.39, 0.29) is 12.3 Å². The number of halogens is 1. The molecule has 0 aliphatic heterocycles. The quantitative estimate of drug-likeness (QED) is 0.601. The lowest BCUT2D eigenvalue weighted by atomic mass is 10.2. The highest BCUT2D eigenvalue weighted by atomic mass is 35.5. The number of thiophene rings is 1. The highest BCUT2D eigenvalue weighted by molar-refractivity contribution is 7.88. The first-order chi connectivity index (χ1) is 12.0. The summed E-state index contributed by atoms with van der Waals surface area (Å²) >= 11 is 7.43. The molecule has 130 valence electrons. The van der Waals surface area contributed by atoms with Crippen molar-refractivity contribution in [1.29, 1.82) is 0 Å². The van der Waals surface area contributed by atoms with Crippen molar-refractivity contribution in [2.45, 2.75) is 18.8 Å². The van der Waals surface area contributed by atoms with Gasteiger partial charge in [-0.05, 0) is 52.2 Å². The summed E-state index contributed by atoms with van der Waals surface area (Å²) in [6, 6.07) is 14.3. The van der Waals surface area contributed by atoms with Crippen molar-refractivity contribution < 1.29 is 8.42 Å². The summed E-state index contributed by atoms with van der Waals surface area (Å²) in [5.74, 6) is -0.0683. The van der Waals surface area contributed by atoms with Gasteiger partial charge in [0, 0.05) is 17.8 Å². The molecule has 0 bridgehead atoms. The summed E-state index contributed by atoms with van der Waals surface area (Å²) in [5.41, 5.74) is 2.40. The summed E-state index contributed by atoms with van der Waals surface area (Å²) in [6.45, 7) is 0.572. The number of hydrogen-bond acceptors (Lipinski definition) is 4. The zero-order chi connectivity index (χ0) is 17.7. The Labute approximate surface area is 156 Å². The van der Waals surface area contributed by atoms with Gasteiger partial charge in [-0.15, -0.1) is 0 Å². The van der Waals surface area contributed by atoms with Crippen LogP contribution in [0.1, 0.15) is 16.8 Å². The average molecular weight is 393 g/mol. The average Bonchev–Trinajstić information content (AvgIpc) is 3.10. The van der Waals surface area contributed by atoms with Gasteiger partial charge in [0.25, 0.3) is 0 Å². The van der Waals surface area contributed by atoms with E-state index < -0.39 is 10.0 Å². The fourth-order valence-corrected chi connectivity index (χ4v) is 4.65. The van der Waals surface area contributed by atoms with Crippen LogP contribution in [0.3, 0.4) is 0 Å². The van der Waals surface area contributed by atoms with E-state index in [1.165, 1.54) is 4.31 Å². The Hall–Kier alpha value is -1.73. The lowest BCUT2D eigenvalue weighted by molar-refractivity contribution is 0.396. The largest absolute Gasteiger partial charge is 0.260 e. The number of aromatic nitrogens is 1. The summed E-state index contributed by atoms with van der Waals surface area (Å²) < 4.78 is 27.4. The number of rotatable bonds is 7. The first kappa shape index (κ1) is 18.1. The molecule has 3 aromatic rings. The lowest BCUT2D eigenvalue weighted by Gasteiger charge is -2.21. The summed E-state index contributed by atoms with van der Waals surface area (Å²) in [5, 5.41) is 4.49. The van der Waals surface area contributed by atoms with Crippen molar-refractivity contribution in [3.63, 3.8) is 0 Å². The van der Waals surface area contributed by atoms with E-state index in [0.717, 1.165) is 11.3 Å². The molecule has 3 rings (SSSR count). The number of nitrogens with zero attached hydrogens (tertiary/aromatic N) is 2. The Kier molecular flexibility index (Phi) is 5.86. The molecule has 1 aromatic carbocycles. The molecule has 0 saturated heterocycles. The van der Waals surface area contributed by atoms with Crippen LogP contribution in [0, 0.1) is 0 Å². The molecule has 0 fully saturated rings. The van der Waals surface area contributed by atoms with Crippen LogP contribution in [0.2, 0.25) is 5.02 Å². The van der Waals surface area contributed by atoms with Crippen LogP contribution in [0.5, 0.6) is 0 Å². The number of sulfonamides is 1. The van der Waals surface area contributed by atoms with Gasteiger partial charge in [0.2, 0.25) is 10.0 Å². The van der Waals surface area contributed by atoms with Gasteiger partial charge in [0.15, 0.2) is 0 Å². The lowest BCUT2D eigenvalue weighted by Crippen LogP contribution is -2.31. The Balaban J connectivity index is 1.84. The van der Waals surface area contributed by atoms with Gasteiger partial charge in [0.1, 0.15) is 0 Å². The van der Waals surface area contributed by atoms with Crippen LogP contribution in [0.4, 0.5) is 0 Å². The number of benzene rings is 1. The van der Waals surface area contributed by atoms with Gasteiger partial charge < -0.3 is 0 Å². The normalized spacial score (nSPS) is 11.8. The van der Waals surface area contributed by atoms with E-state index in [4.69, 9.17) is 11.6 Å². The second-order valence-corrected chi connectivity index (χ2v) is 8.79. The predicted molar refractivity (Wildman–Crippen MR) is 102 cm³/mol. The molecule has 0 aliphatic carbocycles. The zero-order valence-electron chi connectivity index (χ0n) is 13.4. The molecule has 25 heavy (non-hydrogen) atoms. The Morgan fingerprint density at radius 2 is 1.80 bits per heavy atom. The molecule has 0 atom stereocenters. The van der Waals surface area contributed by atoms with Crippen LogP contribution in [0.15, 0.2) is 65.5 Å². The first-order valence-electron chi connectivity index (χ1n) is 7.66. The SMILES string of the molecule is O=S(=O)(Cc1ccc(Cl)cc1)N(Cc1ccsc1)Cc1ccccn1. The third-order valence-electron chi connectivity index (χ3n) is 3.66. The van der Waals surface area contributed by atoms with Crippen LogP contribution in [-0.4, -0.2) is 17.7 Å². The van der Waals surface area contributed by atoms with Crippen LogP contribution in [-0.2, 0) is 28.9 Å². The Morgan fingerprint density at radius 3 is 2.44 bits per heavy atom. The second-order valence-electron chi connectivity index (χ2n) is 5.60. The van der Waals surface area contributed by atoms with Crippen molar-refractivity contribution >= 4 is 33.0 Å². The smallest absolute Gasteiger partial charge is 0.218 e. The molecular formula is C18H17ClN2O2S2. The molecule has 0 saturated carbocycles. The minimum absolute atomic E-state index is 0.0683. The number of hydrogen-bond donors (Lipinski definition) is 0. The Morgan fingerprint density at radius 1 is 1.00 bits per heavy atom. The first-order valence-corrected chi connectivity index (χ1v) is 10.6. The fourth-order valence-electron chi connectivity index (χ4n) is 2.39. The molecule has 4 nitrogen and oxygen atoms in total. The molecule has 7 heteroatoms. The van der Waals surface area contributed by atoms with Gasteiger partial charge in [-0.1, -0.05) is 29.8 Å². The summed E-state index contributed by atoms with van der Waals surface area (Å²) in [7, 11) is -3.51. The standard InChI is InChI=1S/C18H17ClN2O2S2/c19-17-6-4-15(5-7-17)14-25(22,23)21(11-16-8-10-24-13-16)12-18-3-1-2-9-20-18/h1-10,13H,11-12,14H2. The predicted octanol–water partition coefficient (Wildman–Crippen LogP) is 4.33. The maximum Gasteiger partial charge on any atom is 0.218 e. The van der Waals surface area contributed by atoms with Crippen LogP contribution < -0.4 is 0 Å². The molecule has 0 radical (unpaired) electrons. The summed E-state index contributed by atoms with van der Waals surface area (Å²) in [6.07, 6.45) is 1.67. The van der Waals surface area contributed by atoms with E-state index in [9.17, 15) is 8.42 Å². The molecule has 2 heterocycles. The van der Waals surface area contributed by atoms with E-state index in [1.54, 1.807) is 41.8 Å². The fraction of sp³-hybridized carbons (Fsp3) is 0.167. The molecule has 0 unspecified atom stereocenters. The van der Waals surface area contributed by atoms with Gasteiger partial charge in [-0.2, -0.15) is 15.6 Å². The molecule has 0 N–H and O–H groups in total. The molecule has 0 aliphatic rings. The Bertz CT molecular complexity index is 896. The van der Waals surface area contributed by atoms with E-state index >= 15 is 0 Å². The maximum absolute atomic E-state index is 13.0. The molecule has 0 amide bonds. The van der Waals surface area contributed by atoms with Crippen molar-refractivity contribution in [1.82, 2.24) is 9.29 Å². The number of pyridine rings is 1. The third-order valence-corrected chi connectivity index (χ3v) is 6.39. The highest BCUT2D eigenvalue weighted by Gasteiger charge is 2.23. The monoisotopic (exact) mass is 392 g/mol. The van der Waals surface area contributed by atoms with Crippen molar-refractivity contribution in [3.05, 3.63) is 87.3 Å². The van der Waals surface area contributed by atoms with E-state index in [2.05, 4.69) is 4.98 Å². The van der Waals surface area contributed by atoms with Crippen LogP contribution >= 0.6 is 22.9 Å². The van der Waals surface area contributed by atoms with Crippen molar-refractivity contribution in [3.8, 4) is 0 Å². The van der Waals surface area contributed by atoms with Gasteiger partial charge >= 0.3 is 0 Å². The topological polar surface area (TPSA) is 50.3 Å². The maximum atomic E-state index is 13.0. The minimum atomic E-state index is -3.51. The van der Waals surface area contributed by atoms with E-state index in [1.807, 2.05) is 35.0 Å². The van der Waals surface area contributed by atoms with Crippen molar-refractivity contribution in [2.24, 2.45) is 0 Å². The van der Waals surface area contributed by atoms with Crippen LogP contribution in [0.25, 0.3) is 0 Å². The van der Waals surface area contributed by atoms with Gasteiger partial charge in [0.05, 0.1) is 18.0 Å². The summed E-state index contributed by atoms with van der Waals surface area (Å²) in [4.78, 5) is 4.26. The van der Waals surface area contributed by atoms with Crippen molar-refractivity contribution in [2.75, 3.05) is 0 Å². The zero-order valence-corrected chi connectivity index (χ0v) is 15.8. The van der Waals surface area contributed by atoms with E-state index in [0.29, 0.717) is 17.1 Å². The second kappa shape index (κ2) is 8.10. The third kappa shape index (κ3) is 5.12. The molecule has 2 aromatic heterocycles. The molecular weight excluding hydrogens is 376 g/mol. The van der Waals surface area contributed by atoms with Gasteiger partial charge in [-0.25, -0.2) is 8.42 Å². The van der Waals surface area contributed by atoms with Gasteiger partial charge in [-0.3, -0.25) is 4.98 Å². The minimum Gasteiger partial charge on any atom is -0.260 e. The highest BCUT2D eigenvalue weighted by Crippen LogP contribution is 2.19. The molecule has 0 spiro atoms.